The maximum absolute atomic E-state index is 11.9. The minimum atomic E-state index is -0.527. The van der Waals surface area contributed by atoms with E-state index in [-0.39, 0.29) is 18.6 Å². The van der Waals surface area contributed by atoms with Gasteiger partial charge in [0.25, 0.3) is 5.91 Å². The van der Waals surface area contributed by atoms with Gasteiger partial charge in [0, 0.05) is 16.7 Å². The zero-order chi connectivity index (χ0) is 15.4. The maximum Gasteiger partial charge on any atom is 0.355 e. The van der Waals surface area contributed by atoms with E-state index in [2.05, 4.69) is 40.1 Å². The molecule has 1 saturated carbocycles. The number of carbonyl (C=O) groups is 2. The van der Waals surface area contributed by atoms with E-state index in [4.69, 9.17) is 4.74 Å². The van der Waals surface area contributed by atoms with Crippen LogP contribution < -0.4 is 5.32 Å². The fourth-order valence-corrected chi connectivity index (χ4v) is 3.07. The van der Waals surface area contributed by atoms with Crippen molar-refractivity contribution in [1.82, 2.24) is 10.3 Å². The Labute approximate surface area is 133 Å². The van der Waals surface area contributed by atoms with Crippen molar-refractivity contribution in [3.05, 3.63) is 22.4 Å². The third-order valence-corrected chi connectivity index (χ3v) is 4.71. The molecule has 1 fully saturated rings. The number of hydrogen-bond acceptors (Lipinski definition) is 3. The van der Waals surface area contributed by atoms with Crippen LogP contribution in [0.5, 0.6) is 0 Å². The van der Waals surface area contributed by atoms with Gasteiger partial charge in [-0.1, -0.05) is 26.7 Å². The van der Waals surface area contributed by atoms with Crippen molar-refractivity contribution < 1.29 is 14.3 Å². The molecule has 2 N–H and O–H groups in total. The van der Waals surface area contributed by atoms with E-state index in [1.54, 1.807) is 12.3 Å². The number of ether oxygens (including phenoxy) is 1. The van der Waals surface area contributed by atoms with Crippen molar-refractivity contribution in [2.75, 3.05) is 6.61 Å². The van der Waals surface area contributed by atoms with E-state index in [0.717, 1.165) is 17.3 Å². The van der Waals surface area contributed by atoms with E-state index >= 15 is 0 Å². The second-order valence-electron chi connectivity index (χ2n) is 5.75. The Bertz CT molecular complexity index is 515. The van der Waals surface area contributed by atoms with Gasteiger partial charge in [0.1, 0.15) is 5.69 Å². The average Bonchev–Trinajstić information content (AvgIpc) is 2.88. The lowest BCUT2D eigenvalue weighted by Crippen LogP contribution is -2.45. The minimum Gasteiger partial charge on any atom is -0.451 e. The highest BCUT2D eigenvalue weighted by Gasteiger charge is 2.28. The summed E-state index contributed by atoms with van der Waals surface area (Å²) in [6.07, 6.45) is 4.98. The molecule has 0 radical (unpaired) electrons. The van der Waals surface area contributed by atoms with E-state index in [9.17, 15) is 9.59 Å². The molecule has 1 aromatic rings. The van der Waals surface area contributed by atoms with Gasteiger partial charge < -0.3 is 15.0 Å². The molecule has 3 unspecified atom stereocenters. The number of nitrogens with one attached hydrogen (secondary N) is 2. The summed E-state index contributed by atoms with van der Waals surface area (Å²) < 4.78 is 5.77. The van der Waals surface area contributed by atoms with Gasteiger partial charge in [0.15, 0.2) is 6.61 Å². The van der Waals surface area contributed by atoms with Gasteiger partial charge in [-0.3, -0.25) is 4.79 Å². The Balaban J connectivity index is 1.78. The Hall–Kier alpha value is -1.30. The van der Waals surface area contributed by atoms with E-state index < -0.39 is 5.97 Å². The van der Waals surface area contributed by atoms with Gasteiger partial charge in [-0.25, -0.2) is 4.79 Å². The Kier molecular flexibility index (Phi) is 5.45. The van der Waals surface area contributed by atoms with Gasteiger partial charge in [0.2, 0.25) is 0 Å². The number of rotatable bonds is 4. The molecule has 3 atom stereocenters. The van der Waals surface area contributed by atoms with Crippen molar-refractivity contribution in [2.24, 2.45) is 11.8 Å². The fourth-order valence-electron chi connectivity index (χ4n) is 2.73. The first kappa shape index (κ1) is 16.1. The SMILES string of the molecule is CC1CCCC(NC(=O)COC(=O)c2cc(Br)c[nH]2)C1C. The molecular weight excluding hydrogens is 336 g/mol. The summed E-state index contributed by atoms with van der Waals surface area (Å²) in [6.45, 7) is 4.14. The molecule has 0 bridgehead atoms. The Morgan fingerprint density at radius 2 is 2.19 bits per heavy atom. The molecule has 1 aliphatic carbocycles. The summed E-state index contributed by atoms with van der Waals surface area (Å²) in [5.41, 5.74) is 0.328. The van der Waals surface area contributed by atoms with Crippen LogP contribution in [0.3, 0.4) is 0 Å². The summed E-state index contributed by atoms with van der Waals surface area (Å²) in [7, 11) is 0. The van der Waals surface area contributed by atoms with Crippen LogP contribution in [0.1, 0.15) is 43.6 Å². The summed E-state index contributed by atoms with van der Waals surface area (Å²) >= 11 is 3.24. The van der Waals surface area contributed by atoms with Crippen LogP contribution in [0, 0.1) is 11.8 Å². The molecule has 116 valence electrons. The lowest BCUT2D eigenvalue weighted by molar-refractivity contribution is -0.125. The monoisotopic (exact) mass is 356 g/mol. The summed E-state index contributed by atoms with van der Waals surface area (Å²) in [5, 5.41) is 2.98. The molecule has 5 nitrogen and oxygen atoms in total. The van der Waals surface area contributed by atoms with Crippen LogP contribution in [0.15, 0.2) is 16.7 Å². The lowest BCUT2D eigenvalue weighted by Gasteiger charge is -2.34. The molecule has 0 aliphatic heterocycles. The van der Waals surface area contributed by atoms with E-state index in [1.165, 1.54) is 6.42 Å². The molecule has 0 saturated heterocycles. The first-order valence-corrected chi connectivity index (χ1v) is 8.07. The van der Waals surface area contributed by atoms with Gasteiger partial charge in [0.05, 0.1) is 0 Å². The van der Waals surface area contributed by atoms with Crippen LogP contribution >= 0.6 is 15.9 Å². The standard InChI is InChI=1S/C15H21BrN2O3/c1-9-4-3-5-12(10(9)2)18-14(19)8-21-15(20)13-6-11(16)7-17-13/h6-7,9-10,12,17H,3-5,8H2,1-2H3,(H,18,19). The van der Waals surface area contributed by atoms with Gasteiger partial charge in [-0.2, -0.15) is 0 Å². The highest BCUT2D eigenvalue weighted by atomic mass is 79.9. The zero-order valence-electron chi connectivity index (χ0n) is 12.3. The van der Waals surface area contributed by atoms with Crippen molar-refractivity contribution >= 4 is 27.8 Å². The second kappa shape index (κ2) is 7.11. The van der Waals surface area contributed by atoms with Crippen molar-refractivity contribution in [3.63, 3.8) is 0 Å². The molecular formula is C15H21BrN2O3. The molecule has 0 aromatic carbocycles. The predicted octanol–water partition coefficient (Wildman–Crippen LogP) is 2.87. The normalized spacial score (nSPS) is 25.4. The molecule has 0 spiro atoms. The highest BCUT2D eigenvalue weighted by molar-refractivity contribution is 9.10. The quantitative estimate of drug-likeness (QED) is 0.814. The highest BCUT2D eigenvalue weighted by Crippen LogP contribution is 2.29. The number of halogens is 1. The zero-order valence-corrected chi connectivity index (χ0v) is 13.9. The lowest BCUT2D eigenvalue weighted by atomic mass is 9.78. The molecule has 1 aromatic heterocycles. The fraction of sp³-hybridized carbons (Fsp3) is 0.600. The second-order valence-corrected chi connectivity index (χ2v) is 6.66. The van der Waals surface area contributed by atoms with Crippen molar-refractivity contribution in [3.8, 4) is 0 Å². The van der Waals surface area contributed by atoms with E-state index in [1.807, 2.05) is 0 Å². The van der Waals surface area contributed by atoms with Crippen LogP contribution in [-0.2, 0) is 9.53 Å². The number of carbonyl (C=O) groups excluding carboxylic acids is 2. The third-order valence-electron chi connectivity index (χ3n) is 4.26. The third kappa shape index (κ3) is 4.33. The molecule has 1 amide bonds. The van der Waals surface area contributed by atoms with Gasteiger partial charge in [-0.05, 0) is 40.3 Å². The average molecular weight is 357 g/mol. The predicted molar refractivity (Wildman–Crippen MR) is 82.9 cm³/mol. The molecule has 21 heavy (non-hydrogen) atoms. The summed E-state index contributed by atoms with van der Waals surface area (Å²) in [5.74, 6) is 0.307. The van der Waals surface area contributed by atoms with Crippen LogP contribution in [-0.4, -0.2) is 29.5 Å². The van der Waals surface area contributed by atoms with Crippen LogP contribution in [0.4, 0.5) is 0 Å². The van der Waals surface area contributed by atoms with Crippen molar-refractivity contribution in [2.45, 2.75) is 39.2 Å². The van der Waals surface area contributed by atoms with Crippen LogP contribution in [0.2, 0.25) is 0 Å². The first-order chi connectivity index (χ1) is 9.97. The molecule has 2 rings (SSSR count). The Morgan fingerprint density at radius 3 is 2.86 bits per heavy atom. The topological polar surface area (TPSA) is 71.2 Å². The summed E-state index contributed by atoms with van der Waals surface area (Å²) in [6, 6.07) is 1.80. The number of amides is 1. The maximum atomic E-state index is 11.9. The number of esters is 1. The van der Waals surface area contributed by atoms with Gasteiger partial charge in [-0.15, -0.1) is 0 Å². The molecule has 1 heterocycles. The largest absolute Gasteiger partial charge is 0.451 e. The van der Waals surface area contributed by atoms with Crippen LogP contribution in [0.25, 0.3) is 0 Å². The van der Waals surface area contributed by atoms with Gasteiger partial charge >= 0.3 is 5.97 Å². The van der Waals surface area contributed by atoms with Crippen molar-refractivity contribution in [1.29, 1.82) is 0 Å². The number of H-pyrrole nitrogens is 1. The summed E-state index contributed by atoms with van der Waals surface area (Å²) in [4.78, 5) is 26.4. The molecule has 6 heteroatoms. The number of aromatic nitrogens is 1. The number of hydrogen-bond donors (Lipinski definition) is 2. The van der Waals surface area contributed by atoms with E-state index in [0.29, 0.717) is 17.5 Å². The minimum absolute atomic E-state index is 0.180. The first-order valence-electron chi connectivity index (χ1n) is 7.27. The smallest absolute Gasteiger partial charge is 0.355 e. The molecule has 1 aliphatic rings. The number of aromatic amines is 1. The Morgan fingerprint density at radius 1 is 1.43 bits per heavy atom.